The van der Waals surface area contributed by atoms with Crippen molar-refractivity contribution in [2.24, 2.45) is 5.92 Å². The summed E-state index contributed by atoms with van der Waals surface area (Å²) in [6.45, 7) is 8.51. The summed E-state index contributed by atoms with van der Waals surface area (Å²) in [7, 11) is 5.96. The lowest BCUT2D eigenvalue weighted by Crippen LogP contribution is -2.47. The highest BCUT2D eigenvalue weighted by Crippen LogP contribution is 2.04. The SMILES string of the molecule is COCC(C)NC(CN(C)C)C(C)C. The Kier molecular flexibility index (Phi) is 7.15. The Morgan fingerprint density at radius 1 is 1.21 bits per heavy atom. The van der Waals surface area contributed by atoms with E-state index in [9.17, 15) is 0 Å². The fourth-order valence-electron chi connectivity index (χ4n) is 1.51. The summed E-state index contributed by atoms with van der Waals surface area (Å²) >= 11 is 0. The lowest BCUT2D eigenvalue weighted by atomic mass is 10.0. The van der Waals surface area contributed by atoms with E-state index in [0.29, 0.717) is 18.0 Å². The second-order valence-electron chi connectivity index (χ2n) is 4.64. The van der Waals surface area contributed by atoms with Gasteiger partial charge in [-0.2, -0.15) is 0 Å². The highest BCUT2D eigenvalue weighted by atomic mass is 16.5. The van der Waals surface area contributed by atoms with Crippen LogP contribution in [0.1, 0.15) is 20.8 Å². The van der Waals surface area contributed by atoms with Gasteiger partial charge in [-0.15, -0.1) is 0 Å². The zero-order chi connectivity index (χ0) is 11.1. The maximum atomic E-state index is 5.11. The zero-order valence-electron chi connectivity index (χ0n) is 10.5. The molecule has 3 nitrogen and oxygen atoms in total. The third-order valence-corrected chi connectivity index (χ3v) is 2.28. The first-order valence-corrected chi connectivity index (χ1v) is 5.37. The molecule has 3 heteroatoms. The Morgan fingerprint density at radius 3 is 2.14 bits per heavy atom. The second-order valence-corrected chi connectivity index (χ2v) is 4.64. The third-order valence-electron chi connectivity index (χ3n) is 2.28. The van der Waals surface area contributed by atoms with Gasteiger partial charge in [-0.1, -0.05) is 13.8 Å². The molecule has 0 aromatic rings. The minimum Gasteiger partial charge on any atom is -0.383 e. The summed E-state index contributed by atoms with van der Waals surface area (Å²) < 4.78 is 5.11. The van der Waals surface area contributed by atoms with Crippen molar-refractivity contribution in [2.45, 2.75) is 32.9 Å². The summed E-state index contributed by atoms with van der Waals surface area (Å²) in [5.41, 5.74) is 0. The molecule has 0 rings (SSSR count). The molecular formula is C11H26N2O. The molecule has 14 heavy (non-hydrogen) atoms. The van der Waals surface area contributed by atoms with Crippen LogP contribution in [0.25, 0.3) is 0 Å². The summed E-state index contributed by atoms with van der Waals surface area (Å²) in [6, 6.07) is 0.961. The van der Waals surface area contributed by atoms with Gasteiger partial charge < -0.3 is 15.0 Å². The monoisotopic (exact) mass is 202 g/mol. The van der Waals surface area contributed by atoms with Crippen LogP contribution in [0.5, 0.6) is 0 Å². The summed E-state index contributed by atoms with van der Waals surface area (Å²) in [4.78, 5) is 2.22. The van der Waals surface area contributed by atoms with E-state index in [1.54, 1.807) is 7.11 Å². The van der Waals surface area contributed by atoms with E-state index in [-0.39, 0.29) is 0 Å². The van der Waals surface area contributed by atoms with Crippen LogP contribution in [0, 0.1) is 5.92 Å². The number of nitrogens with zero attached hydrogens (tertiary/aromatic N) is 1. The first-order valence-electron chi connectivity index (χ1n) is 5.37. The molecule has 0 heterocycles. The van der Waals surface area contributed by atoms with Crippen molar-refractivity contribution in [3.8, 4) is 0 Å². The third kappa shape index (κ3) is 6.35. The minimum absolute atomic E-state index is 0.423. The number of ether oxygens (including phenoxy) is 1. The second kappa shape index (κ2) is 7.21. The van der Waals surface area contributed by atoms with Crippen molar-refractivity contribution in [3.05, 3.63) is 0 Å². The van der Waals surface area contributed by atoms with Crippen molar-refractivity contribution in [1.82, 2.24) is 10.2 Å². The van der Waals surface area contributed by atoms with E-state index in [4.69, 9.17) is 4.74 Å². The number of rotatable bonds is 7. The number of hydrogen-bond donors (Lipinski definition) is 1. The summed E-state index contributed by atoms with van der Waals surface area (Å²) in [5, 5.41) is 3.58. The van der Waals surface area contributed by atoms with Crippen LogP contribution < -0.4 is 5.32 Å². The number of hydrogen-bond acceptors (Lipinski definition) is 3. The number of methoxy groups -OCH3 is 1. The predicted octanol–water partition coefficient (Wildman–Crippen LogP) is 1.20. The predicted molar refractivity (Wildman–Crippen MR) is 61.7 cm³/mol. The van der Waals surface area contributed by atoms with Gasteiger partial charge in [-0.3, -0.25) is 0 Å². The lowest BCUT2D eigenvalue weighted by Gasteiger charge is -2.28. The molecule has 0 saturated heterocycles. The standard InChI is InChI=1S/C11H26N2O/c1-9(2)11(7-13(4)5)12-10(3)8-14-6/h9-12H,7-8H2,1-6H3. The van der Waals surface area contributed by atoms with Crippen molar-refractivity contribution in [1.29, 1.82) is 0 Å². The van der Waals surface area contributed by atoms with E-state index >= 15 is 0 Å². The van der Waals surface area contributed by atoms with Gasteiger partial charge in [0.1, 0.15) is 0 Å². The zero-order valence-corrected chi connectivity index (χ0v) is 10.5. The Morgan fingerprint density at radius 2 is 1.79 bits per heavy atom. The molecule has 86 valence electrons. The number of nitrogens with one attached hydrogen (secondary N) is 1. The molecule has 0 aromatic carbocycles. The average molecular weight is 202 g/mol. The molecule has 0 radical (unpaired) electrons. The van der Waals surface area contributed by atoms with Gasteiger partial charge in [0, 0.05) is 25.7 Å². The maximum Gasteiger partial charge on any atom is 0.0613 e. The Hall–Kier alpha value is -0.120. The van der Waals surface area contributed by atoms with Gasteiger partial charge in [0.05, 0.1) is 6.61 Å². The van der Waals surface area contributed by atoms with Gasteiger partial charge in [0.15, 0.2) is 0 Å². The largest absolute Gasteiger partial charge is 0.383 e. The molecule has 0 bridgehead atoms. The topological polar surface area (TPSA) is 24.5 Å². The first kappa shape index (κ1) is 13.9. The summed E-state index contributed by atoms with van der Waals surface area (Å²) in [6.07, 6.45) is 0. The molecule has 0 spiro atoms. The molecule has 0 amide bonds. The lowest BCUT2D eigenvalue weighted by molar-refractivity contribution is 0.156. The van der Waals surface area contributed by atoms with E-state index in [0.717, 1.165) is 13.2 Å². The fraction of sp³-hybridized carbons (Fsp3) is 1.00. The molecule has 0 aliphatic carbocycles. The van der Waals surface area contributed by atoms with E-state index in [1.807, 2.05) is 0 Å². The van der Waals surface area contributed by atoms with Crippen molar-refractivity contribution < 1.29 is 4.74 Å². The van der Waals surface area contributed by atoms with Crippen LogP contribution in [-0.2, 0) is 4.74 Å². The smallest absolute Gasteiger partial charge is 0.0613 e. The van der Waals surface area contributed by atoms with Gasteiger partial charge in [0.2, 0.25) is 0 Å². The van der Waals surface area contributed by atoms with Crippen LogP contribution in [0.4, 0.5) is 0 Å². The fourth-order valence-corrected chi connectivity index (χ4v) is 1.51. The molecule has 1 N–H and O–H groups in total. The first-order chi connectivity index (χ1) is 6.47. The Labute approximate surface area is 88.8 Å². The molecular weight excluding hydrogens is 176 g/mol. The van der Waals surface area contributed by atoms with Crippen molar-refractivity contribution in [2.75, 3.05) is 34.4 Å². The molecule has 0 aliphatic rings. The van der Waals surface area contributed by atoms with Crippen LogP contribution >= 0.6 is 0 Å². The number of likely N-dealkylation sites (N-methyl/N-ethyl adjacent to an activating group) is 1. The quantitative estimate of drug-likeness (QED) is 0.671. The van der Waals surface area contributed by atoms with Crippen LogP contribution in [-0.4, -0.2) is 51.3 Å². The van der Waals surface area contributed by atoms with Crippen LogP contribution in [0.3, 0.4) is 0 Å². The highest BCUT2D eigenvalue weighted by Gasteiger charge is 2.16. The maximum absolute atomic E-state index is 5.11. The van der Waals surface area contributed by atoms with Gasteiger partial charge in [-0.25, -0.2) is 0 Å². The van der Waals surface area contributed by atoms with Crippen molar-refractivity contribution in [3.63, 3.8) is 0 Å². The molecule has 2 unspecified atom stereocenters. The molecule has 0 aliphatic heterocycles. The average Bonchev–Trinajstić information content (AvgIpc) is 2.02. The van der Waals surface area contributed by atoms with E-state index in [2.05, 4.69) is 45.1 Å². The van der Waals surface area contributed by atoms with E-state index < -0.39 is 0 Å². The van der Waals surface area contributed by atoms with Crippen LogP contribution in [0.2, 0.25) is 0 Å². The minimum atomic E-state index is 0.423. The van der Waals surface area contributed by atoms with Crippen LogP contribution in [0.15, 0.2) is 0 Å². The normalized spacial score (nSPS) is 16.3. The van der Waals surface area contributed by atoms with Gasteiger partial charge in [-0.05, 0) is 26.9 Å². The van der Waals surface area contributed by atoms with Crippen molar-refractivity contribution >= 4 is 0 Å². The van der Waals surface area contributed by atoms with Gasteiger partial charge >= 0.3 is 0 Å². The van der Waals surface area contributed by atoms with E-state index in [1.165, 1.54) is 0 Å². The highest BCUT2D eigenvalue weighted by molar-refractivity contribution is 4.76. The molecule has 0 aromatic heterocycles. The Balaban J connectivity index is 3.95. The molecule has 0 fully saturated rings. The Bertz CT molecular complexity index is 137. The van der Waals surface area contributed by atoms with Gasteiger partial charge in [0.25, 0.3) is 0 Å². The molecule has 0 saturated carbocycles. The summed E-state index contributed by atoms with van der Waals surface area (Å²) in [5.74, 6) is 0.650. The molecule has 2 atom stereocenters.